The van der Waals surface area contributed by atoms with E-state index >= 15 is 0 Å². The molecule has 0 bridgehead atoms. The van der Waals surface area contributed by atoms with Crippen molar-refractivity contribution in [2.24, 2.45) is 7.05 Å². The summed E-state index contributed by atoms with van der Waals surface area (Å²) >= 11 is 0. The Labute approximate surface area is 118 Å². The number of aromatic nitrogens is 2. The Bertz CT molecular complexity index is 578. The molecule has 0 radical (unpaired) electrons. The highest BCUT2D eigenvalue weighted by atomic mass is 19.1. The highest BCUT2D eigenvalue weighted by molar-refractivity contribution is 5.31. The van der Waals surface area contributed by atoms with Gasteiger partial charge in [0.05, 0.1) is 18.4 Å². The predicted molar refractivity (Wildman–Crippen MR) is 76.2 cm³/mol. The zero-order valence-corrected chi connectivity index (χ0v) is 12.3. The first kappa shape index (κ1) is 14.5. The Morgan fingerprint density at radius 1 is 1.35 bits per heavy atom. The van der Waals surface area contributed by atoms with Gasteiger partial charge in [0, 0.05) is 19.6 Å². The van der Waals surface area contributed by atoms with Gasteiger partial charge in [-0.1, -0.05) is 12.1 Å². The maximum atomic E-state index is 12.9. The molecule has 1 N–H and O–H groups in total. The van der Waals surface area contributed by atoms with Crippen LogP contribution in [-0.4, -0.2) is 16.9 Å². The van der Waals surface area contributed by atoms with Crippen LogP contribution in [0, 0.1) is 12.7 Å². The van der Waals surface area contributed by atoms with Gasteiger partial charge in [0.25, 0.3) is 0 Å². The van der Waals surface area contributed by atoms with Gasteiger partial charge >= 0.3 is 0 Å². The number of hydrogen-bond acceptors (Lipinski definition) is 3. The monoisotopic (exact) mass is 277 g/mol. The molecular weight excluding hydrogens is 257 g/mol. The normalized spacial score (nSPS) is 12.4. The van der Waals surface area contributed by atoms with Crippen molar-refractivity contribution in [3.05, 3.63) is 46.9 Å². The molecule has 0 aliphatic carbocycles. The van der Waals surface area contributed by atoms with Crippen LogP contribution in [-0.2, 0) is 13.6 Å². The van der Waals surface area contributed by atoms with E-state index in [0.29, 0.717) is 6.54 Å². The van der Waals surface area contributed by atoms with Crippen LogP contribution in [0.25, 0.3) is 0 Å². The van der Waals surface area contributed by atoms with Gasteiger partial charge in [0.2, 0.25) is 5.88 Å². The van der Waals surface area contributed by atoms with E-state index in [1.165, 1.54) is 12.1 Å². The van der Waals surface area contributed by atoms with Crippen LogP contribution in [0.1, 0.15) is 29.8 Å². The molecule has 108 valence electrons. The summed E-state index contributed by atoms with van der Waals surface area (Å²) in [4.78, 5) is 0. The molecule has 20 heavy (non-hydrogen) atoms. The van der Waals surface area contributed by atoms with Crippen molar-refractivity contribution in [1.29, 1.82) is 0 Å². The zero-order chi connectivity index (χ0) is 14.7. The lowest BCUT2D eigenvalue weighted by Crippen LogP contribution is -2.18. The Morgan fingerprint density at radius 2 is 2.00 bits per heavy atom. The van der Waals surface area contributed by atoms with E-state index in [2.05, 4.69) is 10.4 Å². The average molecular weight is 277 g/mol. The molecule has 0 saturated carbocycles. The van der Waals surface area contributed by atoms with Crippen LogP contribution >= 0.6 is 0 Å². The van der Waals surface area contributed by atoms with Crippen molar-refractivity contribution >= 4 is 0 Å². The van der Waals surface area contributed by atoms with Crippen molar-refractivity contribution in [1.82, 2.24) is 15.1 Å². The largest absolute Gasteiger partial charge is 0.481 e. The van der Waals surface area contributed by atoms with Gasteiger partial charge in [-0.25, -0.2) is 9.07 Å². The van der Waals surface area contributed by atoms with E-state index in [9.17, 15) is 4.39 Å². The van der Waals surface area contributed by atoms with Crippen LogP contribution in [0.4, 0.5) is 4.39 Å². The summed E-state index contributed by atoms with van der Waals surface area (Å²) in [6, 6.07) is 6.66. The summed E-state index contributed by atoms with van der Waals surface area (Å²) in [5.41, 5.74) is 3.04. The molecule has 1 heterocycles. The number of benzene rings is 1. The molecule has 4 nitrogen and oxygen atoms in total. The summed E-state index contributed by atoms with van der Waals surface area (Å²) in [6.45, 7) is 4.66. The standard InChI is InChI=1S/C15H20FN3O/c1-10(12-5-7-13(16)8-6-12)17-9-14-11(2)18-19(3)15(14)20-4/h5-8,10,17H,9H2,1-4H3. The Morgan fingerprint density at radius 3 is 2.60 bits per heavy atom. The minimum atomic E-state index is -0.217. The lowest BCUT2D eigenvalue weighted by molar-refractivity contribution is 0.367. The molecule has 1 aromatic heterocycles. The summed E-state index contributed by atoms with van der Waals surface area (Å²) in [6.07, 6.45) is 0. The third-order valence-electron chi connectivity index (χ3n) is 3.44. The molecule has 5 heteroatoms. The molecule has 0 spiro atoms. The molecule has 1 aromatic carbocycles. The van der Waals surface area contributed by atoms with Crippen molar-refractivity contribution < 1.29 is 9.13 Å². The van der Waals surface area contributed by atoms with E-state index in [1.807, 2.05) is 20.9 Å². The second-order valence-electron chi connectivity index (χ2n) is 4.85. The maximum absolute atomic E-state index is 12.9. The number of halogens is 1. The minimum Gasteiger partial charge on any atom is -0.481 e. The van der Waals surface area contributed by atoms with E-state index in [1.54, 1.807) is 23.9 Å². The van der Waals surface area contributed by atoms with Gasteiger partial charge in [0.1, 0.15) is 5.82 Å². The number of rotatable bonds is 5. The molecule has 0 fully saturated rings. The lowest BCUT2D eigenvalue weighted by Gasteiger charge is -2.14. The fraction of sp³-hybridized carbons (Fsp3) is 0.400. The molecule has 2 rings (SSSR count). The van der Waals surface area contributed by atoms with Crippen molar-refractivity contribution in [2.45, 2.75) is 26.4 Å². The summed E-state index contributed by atoms with van der Waals surface area (Å²) in [5.74, 6) is 0.548. The van der Waals surface area contributed by atoms with Crippen LogP contribution in [0.15, 0.2) is 24.3 Å². The second-order valence-corrected chi connectivity index (χ2v) is 4.85. The van der Waals surface area contributed by atoms with Gasteiger partial charge in [-0.3, -0.25) is 0 Å². The summed E-state index contributed by atoms with van der Waals surface area (Å²) in [5, 5.41) is 7.75. The SMILES string of the molecule is COc1c(CNC(C)c2ccc(F)cc2)c(C)nn1C. The molecular formula is C15H20FN3O. The average Bonchev–Trinajstić information content (AvgIpc) is 2.70. The smallest absolute Gasteiger partial charge is 0.216 e. The van der Waals surface area contributed by atoms with E-state index in [0.717, 1.165) is 22.7 Å². The number of ether oxygens (including phenoxy) is 1. The van der Waals surface area contributed by atoms with Crippen LogP contribution < -0.4 is 10.1 Å². The molecule has 2 aromatic rings. The fourth-order valence-corrected chi connectivity index (χ4v) is 2.26. The van der Waals surface area contributed by atoms with Gasteiger partial charge in [-0.2, -0.15) is 5.10 Å². The Kier molecular flexibility index (Phi) is 4.39. The van der Waals surface area contributed by atoms with E-state index in [-0.39, 0.29) is 11.9 Å². The highest BCUT2D eigenvalue weighted by Gasteiger charge is 2.14. The summed E-state index contributed by atoms with van der Waals surface area (Å²) < 4.78 is 20.0. The first-order valence-corrected chi connectivity index (χ1v) is 6.58. The molecule has 0 aliphatic heterocycles. The van der Waals surface area contributed by atoms with Crippen LogP contribution in [0.2, 0.25) is 0 Å². The quantitative estimate of drug-likeness (QED) is 0.913. The number of aryl methyl sites for hydroxylation is 2. The fourth-order valence-electron chi connectivity index (χ4n) is 2.26. The molecule has 0 amide bonds. The number of nitrogens with zero attached hydrogens (tertiary/aromatic N) is 2. The third kappa shape index (κ3) is 2.99. The van der Waals surface area contributed by atoms with Gasteiger partial charge in [-0.05, 0) is 31.5 Å². The van der Waals surface area contributed by atoms with Crippen LogP contribution in [0.3, 0.4) is 0 Å². The van der Waals surface area contributed by atoms with Crippen molar-refractivity contribution in [2.75, 3.05) is 7.11 Å². The maximum Gasteiger partial charge on any atom is 0.216 e. The predicted octanol–water partition coefficient (Wildman–Crippen LogP) is 2.73. The Balaban J connectivity index is 2.07. The third-order valence-corrected chi connectivity index (χ3v) is 3.44. The summed E-state index contributed by atoms with van der Waals surface area (Å²) in [7, 11) is 3.50. The number of nitrogens with one attached hydrogen (secondary N) is 1. The zero-order valence-electron chi connectivity index (χ0n) is 12.3. The van der Waals surface area contributed by atoms with Gasteiger partial charge in [0.15, 0.2) is 0 Å². The highest BCUT2D eigenvalue weighted by Crippen LogP contribution is 2.22. The van der Waals surface area contributed by atoms with Gasteiger partial charge in [-0.15, -0.1) is 0 Å². The molecule has 1 atom stereocenters. The second kappa shape index (κ2) is 6.05. The molecule has 0 saturated heterocycles. The first-order valence-electron chi connectivity index (χ1n) is 6.58. The first-order chi connectivity index (χ1) is 9.52. The molecule has 1 unspecified atom stereocenters. The lowest BCUT2D eigenvalue weighted by atomic mass is 10.1. The molecule has 0 aliphatic rings. The van der Waals surface area contributed by atoms with Crippen molar-refractivity contribution in [3.63, 3.8) is 0 Å². The number of methoxy groups -OCH3 is 1. The van der Waals surface area contributed by atoms with E-state index in [4.69, 9.17) is 4.74 Å². The minimum absolute atomic E-state index is 0.125. The number of hydrogen-bond donors (Lipinski definition) is 1. The van der Waals surface area contributed by atoms with E-state index < -0.39 is 0 Å². The Hall–Kier alpha value is -1.88. The van der Waals surface area contributed by atoms with Crippen molar-refractivity contribution in [3.8, 4) is 5.88 Å². The van der Waals surface area contributed by atoms with Crippen LogP contribution in [0.5, 0.6) is 5.88 Å². The van der Waals surface area contributed by atoms with Gasteiger partial charge < -0.3 is 10.1 Å². The topological polar surface area (TPSA) is 39.1 Å².